The lowest BCUT2D eigenvalue weighted by Crippen LogP contribution is -2.48. The number of allylic oxidation sites excluding steroid dienone is 5. The molecule has 0 spiro atoms. The molecule has 4 nitrogen and oxygen atoms in total. The molecule has 0 aromatic heterocycles. The molecule has 1 aliphatic rings. The molecule has 0 radical (unpaired) electrons. The Morgan fingerprint density at radius 1 is 1.29 bits per heavy atom. The number of unbranched alkanes of at least 4 members (excludes halogenated alkanes) is 1. The zero-order valence-electron chi connectivity index (χ0n) is 21.0. The minimum absolute atomic E-state index is 0.231. The number of carbonyl (C=O) groups is 1. The average Bonchev–Trinajstić information content (AvgIpc) is 2.67. The van der Waals surface area contributed by atoms with Crippen LogP contribution in [0.1, 0.15) is 67.2 Å². The van der Waals surface area contributed by atoms with E-state index >= 15 is 0 Å². The topological polar surface area (TPSA) is 55.8 Å². The SMILES string of the molecule is C=C[C@@H]1C[C@@H](O)[C@](C)(C/C=C(C)/C=C/CC/C=C(\C)CO[Si](C)(C)C(C)(C)C)C(=O)O1. The van der Waals surface area contributed by atoms with Gasteiger partial charge in [0.2, 0.25) is 0 Å². The summed E-state index contributed by atoms with van der Waals surface area (Å²) < 4.78 is 11.6. The van der Waals surface area contributed by atoms with Crippen molar-refractivity contribution in [3.8, 4) is 0 Å². The summed E-state index contributed by atoms with van der Waals surface area (Å²) in [5, 5.41) is 10.7. The zero-order chi connectivity index (χ0) is 23.9. The molecular weight excluding hydrogens is 404 g/mol. The number of hydrogen-bond acceptors (Lipinski definition) is 4. The second-order valence-corrected chi connectivity index (χ2v) is 15.4. The van der Waals surface area contributed by atoms with Gasteiger partial charge in [-0.3, -0.25) is 4.79 Å². The molecule has 1 rings (SSSR count). The molecule has 0 unspecified atom stereocenters. The number of aliphatic hydroxyl groups is 1. The van der Waals surface area contributed by atoms with Crippen molar-refractivity contribution in [2.75, 3.05) is 6.61 Å². The van der Waals surface area contributed by atoms with E-state index in [1.807, 2.05) is 13.0 Å². The number of cyclic esters (lactones) is 1. The van der Waals surface area contributed by atoms with Crippen LogP contribution in [0.5, 0.6) is 0 Å². The highest BCUT2D eigenvalue weighted by Crippen LogP contribution is 2.37. The first-order valence-corrected chi connectivity index (χ1v) is 14.3. The smallest absolute Gasteiger partial charge is 0.315 e. The molecular formula is C26H44O4Si. The average molecular weight is 449 g/mol. The summed E-state index contributed by atoms with van der Waals surface area (Å²) in [5.41, 5.74) is 1.45. The van der Waals surface area contributed by atoms with Gasteiger partial charge in [0.15, 0.2) is 8.32 Å². The van der Waals surface area contributed by atoms with E-state index < -0.39 is 25.9 Å². The van der Waals surface area contributed by atoms with E-state index in [2.05, 4.69) is 65.6 Å². The fraction of sp³-hybridized carbons (Fsp3) is 0.654. The van der Waals surface area contributed by atoms with Gasteiger partial charge in [-0.2, -0.15) is 0 Å². The van der Waals surface area contributed by atoms with Crippen molar-refractivity contribution in [3.63, 3.8) is 0 Å². The molecule has 1 saturated heterocycles. The highest BCUT2D eigenvalue weighted by Gasteiger charge is 2.46. The van der Waals surface area contributed by atoms with Gasteiger partial charge in [0, 0.05) is 6.42 Å². The van der Waals surface area contributed by atoms with E-state index in [0.717, 1.165) is 18.4 Å². The molecule has 0 bridgehead atoms. The van der Waals surface area contributed by atoms with Crippen molar-refractivity contribution in [2.45, 2.75) is 97.6 Å². The summed E-state index contributed by atoms with van der Waals surface area (Å²) in [7, 11) is -1.70. The van der Waals surface area contributed by atoms with Crippen LogP contribution in [0.4, 0.5) is 0 Å². The summed E-state index contributed by atoms with van der Waals surface area (Å²) in [6, 6.07) is 0. The monoisotopic (exact) mass is 448 g/mol. The maximum Gasteiger partial charge on any atom is 0.315 e. The lowest BCUT2D eigenvalue weighted by molar-refractivity contribution is -0.178. The standard InChI is InChI=1S/C26H44O4Si/c1-10-22-18-23(27)26(7,24(28)30-22)17-16-20(2)14-12-11-13-15-21(3)19-29-31(8,9)25(4,5)6/h10,12,14-16,22-23,27H,1,11,13,17-19H2,2-9H3/b14-12+,20-16+,21-15+/t22-,23-,26+/m1/s1. The highest BCUT2D eigenvalue weighted by molar-refractivity contribution is 6.74. The minimum Gasteiger partial charge on any atom is -0.458 e. The quantitative estimate of drug-likeness (QED) is 0.136. The van der Waals surface area contributed by atoms with Gasteiger partial charge < -0.3 is 14.3 Å². The first-order valence-electron chi connectivity index (χ1n) is 11.4. The molecule has 31 heavy (non-hydrogen) atoms. The maximum absolute atomic E-state index is 12.3. The van der Waals surface area contributed by atoms with E-state index in [4.69, 9.17) is 9.16 Å². The van der Waals surface area contributed by atoms with Crippen molar-refractivity contribution >= 4 is 14.3 Å². The van der Waals surface area contributed by atoms with Gasteiger partial charge in [-0.25, -0.2) is 0 Å². The molecule has 0 amide bonds. The van der Waals surface area contributed by atoms with Crippen molar-refractivity contribution in [1.82, 2.24) is 0 Å². The van der Waals surface area contributed by atoms with Crippen LogP contribution in [-0.2, 0) is 14.0 Å². The molecule has 5 heteroatoms. The molecule has 0 aliphatic carbocycles. The number of aliphatic hydroxyl groups excluding tert-OH is 1. The van der Waals surface area contributed by atoms with E-state index in [-0.39, 0.29) is 11.0 Å². The Kier molecular flexibility index (Phi) is 10.2. The Hall–Kier alpha value is -1.43. The second-order valence-electron chi connectivity index (χ2n) is 10.6. The normalized spacial score (nSPS) is 26.3. The number of carbonyl (C=O) groups excluding carboxylic acids is 1. The van der Waals surface area contributed by atoms with Gasteiger partial charge in [0.1, 0.15) is 6.10 Å². The molecule has 0 aromatic rings. The predicted octanol–water partition coefficient (Wildman–Crippen LogP) is 6.50. The lowest BCUT2D eigenvalue weighted by Gasteiger charge is -2.38. The zero-order valence-corrected chi connectivity index (χ0v) is 22.0. The molecule has 176 valence electrons. The number of rotatable bonds is 10. The van der Waals surface area contributed by atoms with Crippen LogP contribution in [0, 0.1) is 5.41 Å². The summed E-state index contributed by atoms with van der Waals surface area (Å²) in [4.78, 5) is 12.3. The number of hydrogen-bond donors (Lipinski definition) is 1. The molecule has 1 heterocycles. The second kappa shape index (κ2) is 11.4. The van der Waals surface area contributed by atoms with E-state index in [1.54, 1.807) is 13.0 Å². The summed E-state index contributed by atoms with van der Waals surface area (Å²) in [6.45, 7) is 21.6. The molecule has 1 N–H and O–H groups in total. The first kappa shape index (κ1) is 27.6. The van der Waals surface area contributed by atoms with Crippen LogP contribution in [-0.4, -0.2) is 38.2 Å². The van der Waals surface area contributed by atoms with Gasteiger partial charge >= 0.3 is 5.97 Å². The highest BCUT2D eigenvalue weighted by atomic mass is 28.4. The van der Waals surface area contributed by atoms with Crippen LogP contribution in [0.2, 0.25) is 18.1 Å². The first-order chi connectivity index (χ1) is 14.2. The molecule has 3 atom stereocenters. The van der Waals surface area contributed by atoms with Gasteiger partial charge in [0.05, 0.1) is 18.1 Å². The fourth-order valence-electron chi connectivity index (χ4n) is 3.01. The minimum atomic E-state index is -1.70. The van der Waals surface area contributed by atoms with Crippen LogP contribution in [0.15, 0.2) is 48.1 Å². The molecule has 1 aliphatic heterocycles. The summed E-state index contributed by atoms with van der Waals surface area (Å²) >= 11 is 0. The van der Waals surface area contributed by atoms with Crippen molar-refractivity contribution < 1.29 is 19.1 Å². The van der Waals surface area contributed by atoms with Crippen molar-refractivity contribution in [2.24, 2.45) is 5.41 Å². The van der Waals surface area contributed by atoms with Gasteiger partial charge in [-0.05, 0) is 58.2 Å². The van der Waals surface area contributed by atoms with Crippen molar-refractivity contribution in [3.05, 3.63) is 48.1 Å². The maximum atomic E-state index is 12.3. The Labute approximate surface area is 191 Å². The number of esters is 1. The summed E-state index contributed by atoms with van der Waals surface area (Å²) in [6.07, 6.45) is 11.7. The third-order valence-corrected chi connectivity index (χ3v) is 11.2. The van der Waals surface area contributed by atoms with Crippen LogP contribution < -0.4 is 0 Å². The third-order valence-electron chi connectivity index (χ3n) is 6.70. The molecule has 0 aromatic carbocycles. The predicted molar refractivity (Wildman–Crippen MR) is 132 cm³/mol. The number of ether oxygens (including phenoxy) is 1. The van der Waals surface area contributed by atoms with Gasteiger partial charge in [-0.1, -0.05) is 68.9 Å². The van der Waals surface area contributed by atoms with Gasteiger partial charge in [0.25, 0.3) is 0 Å². The Bertz CT molecular complexity index is 711. The fourth-order valence-corrected chi connectivity index (χ4v) is 4.03. The van der Waals surface area contributed by atoms with Crippen LogP contribution >= 0.6 is 0 Å². The van der Waals surface area contributed by atoms with Crippen LogP contribution in [0.3, 0.4) is 0 Å². The Balaban J connectivity index is 2.49. The Morgan fingerprint density at radius 2 is 1.94 bits per heavy atom. The van der Waals surface area contributed by atoms with E-state index in [0.29, 0.717) is 19.4 Å². The Morgan fingerprint density at radius 3 is 2.48 bits per heavy atom. The summed E-state index contributed by atoms with van der Waals surface area (Å²) in [5.74, 6) is -0.357. The van der Waals surface area contributed by atoms with Crippen molar-refractivity contribution in [1.29, 1.82) is 0 Å². The third kappa shape index (κ3) is 8.21. The molecule has 0 saturated carbocycles. The van der Waals surface area contributed by atoms with E-state index in [1.165, 1.54) is 5.57 Å². The lowest BCUT2D eigenvalue weighted by atomic mass is 9.76. The van der Waals surface area contributed by atoms with Crippen LogP contribution in [0.25, 0.3) is 0 Å². The largest absolute Gasteiger partial charge is 0.458 e. The molecule has 1 fully saturated rings. The van der Waals surface area contributed by atoms with Gasteiger partial charge in [-0.15, -0.1) is 0 Å². The van der Waals surface area contributed by atoms with E-state index in [9.17, 15) is 9.90 Å².